The van der Waals surface area contributed by atoms with Gasteiger partial charge < -0.3 is 0 Å². The van der Waals surface area contributed by atoms with E-state index in [2.05, 4.69) is 10.1 Å². The number of nitrogens with zero attached hydrogens (tertiary/aromatic N) is 4. The molecule has 0 saturated heterocycles. The molecule has 0 spiro atoms. The Kier molecular flexibility index (Phi) is 5.30. The Hall–Kier alpha value is -3.94. The maximum absolute atomic E-state index is 13.4. The fourth-order valence-corrected chi connectivity index (χ4v) is 4.41. The molecule has 6 nitrogen and oxygen atoms in total. The molecule has 2 aromatic carbocycles. The fourth-order valence-electron chi connectivity index (χ4n) is 3.53. The van der Waals surface area contributed by atoms with Crippen LogP contribution in [0.25, 0.3) is 15.6 Å². The van der Waals surface area contributed by atoms with Crippen LogP contribution in [0.2, 0.25) is 0 Å². The molecular formula is C23H17N5OS. The van der Waals surface area contributed by atoms with E-state index in [9.17, 15) is 15.3 Å². The number of rotatable bonds is 5. The largest absolute Gasteiger partial charge is 0.293 e. The zero-order chi connectivity index (χ0) is 21.1. The lowest BCUT2D eigenvalue weighted by atomic mass is 9.82. The van der Waals surface area contributed by atoms with Crippen molar-refractivity contribution in [2.75, 3.05) is 0 Å². The van der Waals surface area contributed by atoms with Gasteiger partial charge in [-0.25, -0.2) is 4.98 Å². The number of nitriles is 2. The number of H-pyrrole nitrogens is 1. The van der Waals surface area contributed by atoms with Gasteiger partial charge in [-0.2, -0.15) is 15.2 Å². The molecule has 0 fully saturated rings. The Morgan fingerprint density at radius 1 is 1.03 bits per heavy atom. The lowest BCUT2D eigenvalue weighted by molar-refractivity contribution is 0.699. The molecule has 0 aliphatic rings. The summed E-state index contributed by atoms with van der Waals surface area (Å²) in [5.74, 6) is -1.64. The molecule has 7 heteroatoms. The predicted octanol–water partition coefficient (Wildman–Crippen LogP) is 4.39. The smallest absolute Gasteiger partial charge is 0.277 e. The third-order valence-electron chi connectivity index (χ3n) is 4.94. The summed E-state index contributed by atoms with van der Waals surface area (Å²) in [5, 5.41) is 22.7. The number of hydrogen-bond donors (Lipinski definition) is 1. The molecule has 4 rings (SSSR count). The number of aromatic nitrogens is 3. The van der Waals surface area contributed by atoms with E-state index in [1.165, 1.54) is 16.0 Å². The van der Waals surface area contributed by atoms with Crippen molar-refractivity contribution in [1.82, 2.24) is 14.8 Å². The van der Waals surface area contributed by atoms with Gasteiger partial charge in [-0.05, 0) is 18.1 Å². The number of aromatic amines is 1. The molecule has 0 amide bonds. The van der Waals surface area contributed by atoms with Gasteiger partial charge in [0.25, 0.3) is 5.56 Å². The molecule has 146 valence electrons. The van der Waals surface area contributed by atoms with E-state index in [1.54, 1.807) is 13.1 Å². The van der Waals surface area contributed by atoms with Crippen LogP contribution in [0.5, 0.6) is 0 Å². The lowest BCUT2D eigenvalue weighted by Crippen LogP contribution is -2.23. The monoisotopic (exact) mass is 411 g/mol. The van der Waals surface area contributed by atoms with E-state index in [4.69, 9.17) is 0 Å². The van der Waals surface area contributed by atoms with Crippen molar-refractivity contribution in [3.05, 3.63) is 94.0 Å². The molecule has 30 heavy (non-hydrogen) atoms. The Morgan fingerprint density at radius 3 is 2.30 bits per heavy atom. The van der Waals surface area contributed by atoms with E-state index in [-0.39, 0.29) is 5.56 Å². The molecule has 4 aromatic rings. The van der Waals surface area contributed by atoms with Gasteiger partial charge >= 0.3 is 0 Å². The van der Waals surface area contributed by atoms with Gasteiger partial charge in [0.2, 0.25) is 5.13 Å². The van der Waals surface area contributed by atoms with E-state index in [0.29, 0.717) is 16.4 Å². The minimum absolute atomic E-state index is 0.300. The van der Waals surface area contributed by atoms with Crippen LogP contribution >= 0.6 is 11.3 Å². The van der Waals surface area contributed by atoms with E-state index in [1.807, 2.05) is 72.8 Å². The van der Waals surface area contributed by atoms with E-state index < -0.39 is 11.8 Å². The molecule has 0 aliphatic carbocycles. The Balaban J connectivity index is 1.82. The van der Waals surface area contributed by atoms with Crippen LogP contribution in [0, 0.1) is 35.5 Å². The number of nitrogens with one attached hydrogen (secondary N) is 1. The topological polar surface area (TPSA) is 98.3 Å². The highest BCUT2D eigenvalue weighted by Crippen LogP contribution is 2.32. The average molecular weight is 411 g/mol. The number of thiazole rings is 1. The van der Waals surface area contributed by atoms with Gasteiger partial charge in [-0.1, -0.05) is 72.0 Å². The molecular weight excluding hydrogens is 394 g/mol. The van der Waals surface area contributed by atoms with Gasteiger partial charge in [-0.3, -0.25) is 9.89 Å². The van der Waals surface area contributed by atoms with Crippen LogP contribution in [-0.4, -0.2) is 14.8 Å². The summed E-state index contributed by atoms with van der Waals surface area (Å²) in [6, 6.07) is 23.1. The SMILES string of the molecule is Cc1[nH]n(-c2ncc(-c3ccccc3)s2)c(=O)c1C(c1ccccc1)C(C#N)C#N. The third kappa shape index (κ3) is 3.43. The first-order valence-corrected chi connectivity index (χ1v) is 10.1. The summed E-state index contributed by atoms with van der Waals surface area (Å²) in [7, 11) is 0. The number of aryl methyl sites for hydroxylation is 1. The maximum Gasteiger partial charge on any atom is 0.277 e. The molecule has 1 atom stereocenters. The average Bonchev–Trinajstić information content (AvgIpc) is 3.38. The first kappa shape index (κ1) is 19.4. The zero-order valence-corrected chi connectivity index (χ0v) is 16.9. The molecule has 1 unspecified atom stereocenters. The summed E-state index contributed by atoms with van der Waals surface area (Å²) in [6.07, 6.45) is 1.74. The highest BCUT2D eigenvalue weighted by atomic mass is 32.1. The molecule has 1 N–H and O–H groups in total. The van der Waals surface area contributed by atoms with Crippen molar-refractivity contribution in [1.29, 1.82) is 10.5 Å². The minimum atomic E-state index is -0.987. The highest BCUT2D eigenvalue weighted by molar-refractivity contribution is 7.17. The number of benzene rings is 2. The zero-order valence-electron chi connectivity index (χ0n) is 16.1. The lowest BCUT2D eigenvalue weighted by Gasteiger charge is -2.16. The minimum Gasteiger partial charge on any atom is -0.293 e. The van der Waals surface area contributed by atoms with Gasteiger partial charge in [0.1, 0.15) is 5.92 Å². The van der Waals surface area contributed by atoms with Gasteiger partial charge in [0.05, 0.1) is 17.0 Å². The fraction of sp³-hybridized carbons (Fsp3) is 0.130. The van der Waals surface area contributed by atoms with Crippen LogP contribution < -0.4 is 5.56 Å². The van der Waals surface area contributed by atoms with Crippen molar-refractivity contribution in [2.45, 2.75) is 12.8 Å². The summed E-state index contributed by atoms with van der Waals surface area (Å²) in [6.45, 7) is 1.78. The Bertz CT molecular complexity index is 1290. The van der Waals surface area contributed by atoms with Crippen LogP contribution in [0.4, 0.5) is 0 Å². The molecule has 2 heterocycles. The Morgan fingerprint density at radius 2 is 1.67 bits per heavy atom. The summed E-state index contributed by atoms with van der Waals surface area (Å²) in [4.78, 5) is 18.7. The van der Waals surface area contributed by atoms with E-state index >= 15 is 0 Å². The number of hydrogen-bond acceptors (Lipinski definition) is 5. The van der Waals surface area contributed by atoms with Crippen molar-refractivity contribution in [3.8, 4) is 27.7 Å². The quantitative estimate of drug-likeness (QED) is 0.526. The molecule has 0 radical (unpaired) electrons. The molecule has 0 bridgehead atoms. The molecule has 0 aliphatic heterocycles. The van der Waals surface area contributed by atoms with Gasteiger partial charge in [-0.15, -0.1) is 0 Å². The van der Waals surface area contributed by atoms with E-state index in [0.717, 1.165) is 16.0 Å². The second kappa shape index (κ2) is 8.20. The van der Waals surface area contributed by atoms with Crippen molar-refractivity contribution < 1.29 is 0 Å². The first-order valence-electron chi connectivity index (χ1n) is 9.31. The van der Waals surface area contributed by atoms with Gasteiger partial charge in [0.15, 0.2) is 0 Å². The van der Waals surface area contributed by atoms with Crippen molar-refractivity contribution in [2.24, 2.45) is 5.92 Å². The van der Waals surface area contributed by atoms with Crippen LogP contribution in [0.3, 0.4) is 0 Å². The third-order valence-corrected chi connectivity index (χ3v) is 5.97. The second-order valence-electron chi connectivity index (χ2n) is 6.79. The van der Waals surface area contributed by atoms with Crippen molar-refractivity contribution in [3.63, 3.8) is 0 Å². The van der Waals surface area contributed by atoms with Crippen LogP contribution in [0.1, 0.15) is 22.7 Å². The normalized spacial score (nSPS) is 11.7. The maximum atomic E-state index is 13.4. The summed E-state index contributed by atoms with van der Waals surface area (Å²) in [5.41, 5.74) is 2.49. The first-order chi connectivity index (χ1) is 14.6. The summed E-state index contributed by atoms with van der Waals surface area (Å²) >= 11 is 1.39. The highest BCUT2D eigenvalue weighted by Gasteiger charge is 2.31. The predicted molar refractivity (Wildman–Crippen MR) is 115 cm³/mol. The van der Waals surface area contributed by atoms with Gasteiger partial charge in [0, 0.05) is 23.4 Å². The Labute approximate surface area is 177 Å². The van der Waals surface area contributed by atoms with Crippen LogP contribution in [0.15, 0.2) is 71.7 Å². The standard InChI is InChI=1S/C23H17N5OS/c1-15-20(21(18(12-24)13-25)17-10-6-3-7-11-17)22(29)28(27-15)23-26-14-19(30-23)16-8-4-2-5-9-16/h2-11,14,18,21,27H,1H3. The molecule has 0 saturated carbocycles. The second-order valence-corrected chi connectivity index (χ2v) is 7.80. The van der Waals surface area contributed by atoms with Crippen molar-refractivity contribution >= 4 is 11.3 Å². The van der Waals surface area contributed by atoms with Crippen LogP contribution in [-0.2, 0) is 0 Å². The molecule has 2 aromatic heterocycles. The summed E-state index contributed by atoms with van der Waals surface area (Å²) < 4.78 is 1.39.